The van der Waals surface area contributed by atoms with Crippen LogP contribution in [-0.4, -0.2) is 30.9 Å². The molecule has 0 radical (unpaired) electrons. The highest BCUT2D eigenvalue weighted by atomic mass is 32.2. The van der Waals surface area contributed by atoms with Crippen LogP contribution in [-0.2, 0) is 13.1 Å². The van der Waals surface area contributed by atoms with E-state index in [0.717, 1.165) is 45.1 Å². The molecule has 8 heteroatoms. The Balaban J connectivity index is 1.49. The SMILES string of the molecule is CCn1c(SCC(=O)c2cc(C)n(Cc3ccco3)c2C)nnc1-c1cccs1. The second-order valence-corrected chi connectivity index (χ2v) is 8.58. The second-order valence-electron chi connectivity index (χ2n) is 6.69. The lowest BCUT2D eigenvalue weighted by Gasteiger charge is -2.08. The molecule has 4 heterocycles. The minimum Gasteiger partial charge on any atom is -0.467 e. The Hall–Kier alpha value is -2.58. The molecule has 4 aromatic rings. The molecule has 0 saturated carbocycles. The fourth-order valence-electron chi connectivity index (χ4n) is 3.36. The Bertz CT molecular complexity index is 1110. The van der Waals surface area contributed by atoms with Gasteiger partial charge in [0.1, 0.15) is 5.76 Å². The quantitative estimate of drug-likeness (QED) is 0.291. The van der Waals surface area contributed by atoms with Crippen molar-refractivity contribution < 1.29 is 9.21 Å². The van der Waals surface area contributed by atoms with Crippen molar-refractivity contribution in [2.75, 3.05) is 5.75 Å². The van der Waals surface area contributed by atoms with Crippen LogP contribution in [0.15, 0.2) is 51.5 Å². The third-order valence-electron chi connectivity index (χ3n) is 4.88. The highest BCUT2D eigenvalue weighted by molar-refractivity contribution is 7.99. The number of rotatable bonds is 8. The minimum absolute atomic E-state index is 0.0946. The highest BCUT2D eigenvalue weighted by Crippen LogP contribution is 2.28. The van der Waals surface area contributed by atoms with E-state index in [0.29, 0.717) is 12.3 Å². The number of Topliss-reactive ketones (excluding diaryl/α,β-unsaturated/α-hetero) is 1. The molecule has 0 unspecified atom stereocenters. The summed E-state index contributed by atoms with van der Waals surface area (Å²) >= 11 is 3.08. The van der Waals surface area contributed by atoms with Crippen molar-refractivity contribution in [1.29, 1.82) is 0 Å². The number of furan rings is 1. The van der Waals surface area contributed by atoms with Gasteiger partial charge in [0, 0.05) is 23.5 Å². The number of thioether (sulfide) groups is 1. The number of nitrogens with zero attached hydrogens (tertiary/aromatic N) is 4. The van der Waals surface area contributed by atoms with Crippen LogP contribution in [0.1, 0.15) is 34.4 Å². The lowest BCUT2D eigenvalue weighted by Crippen LogP contribution is -2.08. The van der Waals surface area contributed by atoms with Crippen molar-refractivity contribution in [2.24, 2.45) is 0 Å². The molecule has 0 fully saturated rings. The van der Waals surface area contributed by atoms with Crippen LogP contribution in [0.2, 0.25) is 0 Å². The summed E-state index contributed by atoms with van der Waals surface area (Å²) in [5, 5.41) is 11.4. The Labute approximate surface area is 177 Å². The fraction of sp³-hybridized carbons (Fsp3) is 0.286. The summed E-state index contributed by atoms with van der Waals surface area (Å²) < 4.78 is 9.62. The summed E-state index contributed by atoms with van der Waals surface area (Å²) in [5.41, 5.74) is 2.76. The standard InChI is InChI=1S/C21H22N4O2S2/c1-4-24-20(19-8-6-10-28-19)22-23-21(24)29-13-18(26)17-11-14(2)25(15(17)3)12-16-7-5-9-27-16/h5-11H,4,12-13H2,1-3H3. The summed E-state index contributed by atoms with van der Waals surface area (Å²) in [7, 11) is 0. The van der Waals surface area contributed by atoms with Crippen molar-refractivity contribution >= 4 is 28.9 Å². The maximum absolute atomic E-state index is 12.9. The number of ketones is 1. The third kappa shape index (κ3) is 3.95. The van der Waals surface area contributed by atoms with Crippen molar-refractivity contribution in [2.45, 2.75) is 39.0 Å². The number of aromatic nitrogens is 4. The lowest BCUT2D eigenvalue weighted by atomic mass is 10.2. The number of hydrogen-bond acceptors (Lipinski definition) is 6. The van der Waals surface area contributed by atoms with Crippen molar-refractivity contribution in [3.8, 4) is 10.7 Å². The Morgan fingerprint density at radius 1 is 1.21 bits per heavy atom. The number of aryl methyl sites for hydroxylation is 1. The van der Waals surface area contributed by atoms with Gasteiger partial charge in [-0.1, -0.05) is 17.8 Å². The van der Waals surface area contributed by atoms with Gasteiger partial charge in [0.15, 0.2) is 16.8 Å². The zero-order valence-electron chi connectivity index (χ0n) is 16.6. The largest absolute Gasteiger partial charge is 0.467 e. The molecule has 29 heavy (non-hydrogen) atoms. The molecule has 0 spiro atoms. The van der Waals surface area contributed by atoms with E-state index in [2.05, 4.69) is 26.3 Å². The third-order valence-corrected chi connectivity index (χ3v) is 6.71. The summed E-state index contributed by atoms with van der Waals surface area (Å²) in [6.45, 7) is 7.45. The van der Waals surface area contributed by atoms with Crippen LogP contribution in [0.5, 0.6) is 0 Å². The molecule has 0 bridgehead atoms. The average molecular weight is 427 g/mol. The van der Waals surface area contributed by atoms with E-state index in [1.165, 1.54) is 11.8 Å². The van der Waals surface area contributed by atoms with E-state index >= 15 is 0 Å². The molecule has 0 amide bonds. The molecule has 0 N–H and O–H groups in total. The van der Waals surface area contributed by atoms with Crippen molar-refractivity contribution in [1.82, 2.24) is 19.3 Å². The molecule has 0 aliphatic heterocycles. The van der Waals surface area contributed by atoms with E-state index in [1.54, 1.807) is 17.6 Å². The molecule has 4 rings (SSSR count). The molecular weight excluding hydrogens is 404 g/mol. The maximum Gasteiger partial charge on any atom is 0.191 e. The predicted octanol–water partition coefficient (Wildman–Crippen LogP) is 5.06. The fourth-order valence-corrected chi connectivity index (χ4v) is 4.96. The first-order valence-corrected chi connectivity index (χ1v) is 11.3. The normalized spacial score (nSPS) is 11.3. The molecule has 6 nitrogen and oxygen atoms in total. The number of carbonyl (C=O) groups excluding carboxylic acids is 1. The second kappa shape index (κ2) is 8.42. The van der Waals surface area contributed by atoms with Gasteiger partial charge in [0.2, 0.25) is 0 Å². The van der Waals surface area contributed by atoms with Gasteiger partial charge in [-0.2, -0.15) is 0 Å². The van der Waals surface area contributed by atoms with Crippen LogP contribution in [0, 0.1) is 13.8 Å². The first-order valence-electron chi connectivity index (χ1n) is 9.40. The summed E-state index contributed by atoms with van der Waals surface area (Å²) in [6, 6.07) is 9.82. The molecule has 0 saturated heterocycles. The summed E-state index contributed by atoms with van der Waals surface area (Å²) in [6.07, 6.45) is 1.67. The predicted molar refractivity (Wildman–Crippen MR) is 116 cm³/mol. The molecule has 0 atom stereocenters. The Kier molecular flexibility index (Phi) is 5.73. The van der Waals surface area contributed by atoms with Gasteiger partial charge in [-0.25, -0.2) is 0 Å². The van der Waals surface area contributed by atoms with Gasteiger partial charge in [-0.05, 0) is 50.4 Å². The number of carbonyl (C=O) groups is 1. The number of thiophene rings is 1. The van der Waals surface area contributed by atoms with E-state index in [1.807, 2.05) is 49.6 Å². The van der Waals surface area contributed by atoms with Crippen LogP contribution in [0.25, 0.3) is 10.7 Å². The Morgan fingerprint density at radius 2 is 2.07 bits per heavy atom. The molecule has 0 aromatic carbocycles. The van der Waals surface area contributed by atoms with Gasteiger partial charge in [0.05, 0.1) is 23.4 Å². The van der Waals surface area contributed by atoms with Crippen molar-refractivity contribution in [3.63, 3.8) is 0 Å². The summed E-state index contributed by atoms with van der Waals surface area (Å²) in [5.74, 6) is 2.15. The first-order chi connectivity index (χ1) is 14.1. The topological polar surface area (TPSA) is 65.8 Å². The monoisotopic (exact) mass is 426 g/mol. The van der Waals surface area contributed by atoms with E-state index in [4.69, 9.17) is 4.42 Å². The number of hydrogen-bond donors (Lipinski definition) is 0. The van der Waals surface area contributed by atoms with Gasteiger partial charge in [-0.15, -0.1) is 21.5 Å². The maximum atomic E-state index is 12.9. The zero-order valence-corrected chi connectivity index (χ0v) is 18.2. The van der Waals surface area contributed by atoms with E-state index < -0.39 is 0 Å². The molecule has 150 valence electrons. The Morgan fingerprint density at radius 3 is 2.76 bits per heavy atom. The van der Waals surface area contributed by atoms with Gasteiger partial charge in [0.25, 0.3) is 0 Å². The molecule has 0 aliphatic rings. The van der Waals surface area contributed by atoms with Crippen LogP contribution in [0.4, 0.5) is 0 Å². The smallest absolute Gasteiger partial charge is 0.191 e. The average Bonchev–Trinajstić information content (AvgIpc) is 3.50. The van der Waals surface area contributed by atoms with E-state index in [-0.39, 0.29) is 5.78 Å². The minimum atomic E-state index is 0.0946. The molecular formula is C21H22N4O2S2. The first kappa shape index (κ1) is 19.7. The van der Waals surface area contributed by atoms with Gasteiger partial charge in [-0.3, -0.25) is 4.79 Å². The summed E-state index contributed by atoms with van der Waals surface area (Å²) in [4.78, 5) is 14.0. The van der Waals surface area contributed by atoms with E-state index in [9.17, 15) is 4.79 Å². The molecule has 4 aromatic heterocycles. The van der Waals surface area contributed by atoms with Gasteiger partial charge >= 0.3 is 0 Å². The van der Waals surface area contributed by atoms with Crippen LogP contribution < -0.4 is 0 Å². The van der Waals surface area contributed by atoms with Crippen LogP contribution in [0.3, 0.4) is 0 Å². The lowest BCUT2D eigenvalue weighted by molar-refractivity contribution is 0.102. The highest BCUT2D eigenvalue weighted by Gasteiger charge is 2.19. The van der Waals surface area contributed by atoms with Crippen LogP contribution >= 0.6 is 23.1 Å². The zero-order chi connectivity index (χ0) is 20.4. The van der Waals surface area contributed by atoms with Crippen molar-refractivity contribution in [3.05, 3.63) is 64.7 Å². The van der Waals surface area contributed by atoms with Gasteiger partial charge < -0.3 is 13.6 Å². The molecule has 0 aliphatic carbocycles.